The topological polar surface area (TPSA) is 39.1 Å². The van der Waals surface area contributed by atoms with E-state index in [0.717, 1.165) is 41.6 Å². The number of rotatable bonds is 3. The standard InChI is InChI=1S/C14H18ClN3O/c1-3-18-13-5-4-9(15)6-11(13)17-14(18)10-7-19-8-12(10)16-2/h4-6,10,12,16H,3,7-8H2,1-2H3. The number of likely N-dealkylation sites (N-methyl/N-ethyl adjacent to an activating group) is 1. The van der Waals surface area contributed by atoms with Gasteiger partial charge in [-0.05, 0) is 32.2 Å². The molecule has 2 heterocycles. The van der Waals surface area contributed by atoms with Crippen molar-refractivity contribution in [2.45, 2.75) is 25.4 Å². The average molecular weight is 280 g/mol. The number of hydrogen-bond donors (Lipinski definition) is 1. The van der Waals surface area contributed by atoms with Crippen LogP contribution in [0, 0.1) is 0 Å². The molecule has 19 heavy (non-hydrogen) atoms. The fourth-order valence-electron chi connectivity index (χ4n) is 2.83. The van der Waals surface area contributed by atoms with Gasteiger partial charge < -0.3 is 14.6 Å². The summed E-state index contributed by atoms with van der Waals surface area (Å²) in [5, 5.41) is 4.04. The first-order chi connectivity index (χ1) is 9.24. The van der Waals surface area contributed by atoms with Crippen LogP contribution in [-0.2, 0) is 11.3 Å². The van der Waals surface area contributed by atoms with Crippen LogP contribution >= 0.6 is 11.6 Å². The number of nitrogens with zero attached hydrogens (tertiary/aromatic N) is 2. The maximum atomic E-state index is 6.05. The molecule has 0 bridgehead atoms. The van der Waals surface area contributed by atoms with Gasteiger partial charge in [-0.25, -0.2) is 4.98 Å². The normalized spacial score (nSPS) is 23.3. The van der Waals surface area contributed by atoms with E-state index in [4.69, 9.17) is 21.3 Å². The van der Waals surface area contributed by atoms with Crippen molar-refractivity contribution in [1.29, 1.82) is 0 Å². The van der Waals surface area contributed by atoms with E-state index in [1.807, 2.05) is 25.2 Å². The van der Waals surface area contributed by atoms with Crippen LogP contribution in [0.5, 0.6) is 0 Å². The van der Waals surface area contributed by atoms with Crippen molar-refractivity contribution in [3.05, 3.63) is 29.0 Å². The van der Waals surface area contributed by atoms with Gasteiger partial charge >= 0.3 is 0 Å². The quantitative estimate of drug-likeness (QED) is 0.938. The second-order valence-corrected chi connectivity index (χ2v) is 5.32. The zero-order valence-corrected chi connectivity index (χ0v) is 11.9. The highest BCUT2D eigenvalue weighted by Gasteiger charge is 2.32. The van der Waals surface area contributed by atoms with Crippen molar-refractivity contribution in [2.24, 2.45) is 0 Å². The number of ether oxygens (including phenoxy) is 1. The van der Waals surface area contributed by atoms with E-state index >= 15 is 0 Å². The monoisotopic (exact) mass is 279 g/mol. The van der Waals surface area contributed by atoms with Crippen molar-refractivity contribution < 1.29 is 4.74 Å². The predicted molar refractivity (Wildman–Crippen MR) is 76.8 cm³/mol. The van der Waals surface area contributed by atoms with Gasteiger partial charge in [0.1, 0.15) is 5.82 Å². The third kappa shape index (κ3) is 2.14. The molecule has 1 aromatic carbocycles. The molecule has 0 amide bonds. The van der Waals surface area contributed by atoms with Crippen LogP contribution in [0.4, 0.5) is 0 Å². The van der Waals surface area contributed by atoms with Crippen LogP contribution in [-0.4, -0.2) is 35.9 Å². The molecule has 3 rings (SSSR count). The van der Waals surface area contributed by atoms with Gasteiger partial charge in [-0.3, -0.25) is 0 Å². The summed E-state index contributed by atoms with van der Waals surface area (Å²) < 4.78 is 7.85. The smallest absolute Gasteiger partial charge is 0.116 e. The van der Waals surface area contributed by atoms with Gasteiger partial charge in [-0.15, -0.1) is 0 Å². The Morgan fingerprint density at radius 2 is 2.32 bits per heavy atom. The Hall–Kier alpha value is -1.10. The van der Waals surface area contributed by atoms with Crippen LogP contribution in [0.3, 0.4) is 0 Å². The second kappa shape index (κ2) is 5.12. The minimum atomic E-state index is 0.302. The molecule has 1 fully saturated rings. The largest absolute Gasteiger partial charge is 0.379 e. The molecule has 1 aromatic heterocycles. The first-order valence-electron chi connectivity index (χ1n) is 6.65. The van der Waals surface area contributed by atoms with E-state index < -0.39 is 0 Å². The second-order valence-electron chi connectivity index (χ2n) is 4.89. The predicted octanol–water partition coefficient (Wildman–Crippen LogP) is 2.41. The minimum Gasteiger partial charge on any atom is -0.379 e. The summed E-state index contributed by atoms with van der Waals surface area (Å²) >= 11 is 6.05. The number of imidazole rings is 1. The van der Waals surface area contributed by atoms with Crippen molar-refractivity contribution in [2.75, 3.05) is 20.3 Å². The van der Waals surface area contributed by atoms with E-state index in [1.165, 1.54) is 0 Å². The molecule has 0 radical (unpaired) electrons. The summed E-state index contributed by atoms with van der Waals surface area (Å²) in [6, 6.07) is 6.22. The van der Waals surface area contributed by atoms with Gasteiger partial charge in [-0.2, -0.15) is 0 Å². The van der Waals surface area contributed by atoms with Gasteiger partial charge in [0.15, 0.2) is 0 Å². The lowest BCUT2D eigenvalue weighted by Gasteiger charge is -2.17. The highest BCUT2D eigenvalue weighted by Crippen LogP contribution is 2.29. The Morgan fingerprint density at radius 1 is 1.47 bits per heavy atom. The van der Waals surface area contributed by atoms with E-state index in [1.54, 1.807) is 0 Å². The average Bonchev–Trinajstić information content (AvgIpc) is 3.00. The van der Waals surface area contributed by atoms with Gasteiger partial charge in [0.2, 0.25) is 0 Å². The minimum absolute atomic E-state index is 0.302. The molecule has 0 aliphatic carbocycles. The number of nitrogens with one attached hydrogen (secondary N) is 1. The van der Waals surface area contributed by atoms with Crippen molar-refractivity contribution in [3.63, 3.8) is 0 Å². The lowest BCUT2D eigenvalue weighted by atomic mass is 10.0. The Balaban J connectivity index is 2.12. The van der Waals surface area contributed by atoms with E-state index in [2.05, 4.69) is 16.8 Å². The Bertz CT molecular complexity index is 596. The fourth-order valence-corrected chi connectivity index (χ4v) is 3.00. The molecular formula is C14H18ClN3O. The van der Waals surface area contributed by atoms with Crippen LogP contribution in [0.2, 0.25) is 5.02 Å². The number of aromatic nitrogens is 2. The lowest BCUT2D eigenvalue weighted by molar-refractivity contribution is 0.187. The molecule has 2 aromatic rings. The van der Waals surface area contributed by atoms with Crippen molar-refractivity contribution >= 4 is 22.6 Å². The SMILES string of the molecule is CCn1c(C2COCC2NC)nc2cc(Cl)ccc21. The third-order valence-electron chi connectivity index (χ3n) is 3.84. The lowest BCUT2D eigenvalue weighted by Crippen LogP contribution is -2.32. The van der Waals surface area contributed by atoms with Crippen LogP contribution in [0.15, 0.2) is 18.2 Å². The maximum absolute atomic E-state index is 6.05. The van der Waals surface area contributed by atoms with Gasteiger partial charge in [-0.1, -0.05) is 11.6 Å². The Morgan fingerprint density at radius 3 is 3.05 bits per heavy atom. The summed E-state index contributed by atoms with van der Waals surface area (Å²) in [7, 11) is 1.97. The number of hydrogen-bond acceptors (Lipinski definition) is 3. The van der Waals surface area contributed by atoms with E-state index in [-0.39, 0.29) is 0 Å². The molecule has 2 atom stereocenters. The Labute approximate surface area is 117 Å². The number of halogens is 1. The maximum Gasteiger partial charge on any atom is 0.116 e. The van der Waals surface area contributed by atoms with Crippen molar-refractivity contribution in [1.82, 2.24) is 14.9 Å². The van der Waals surface area contributed by atoms with Crippen LogP contribution < -0.4 is 5.32 Å². The first-order valence-corrected chi connectivity index (χ1v) is 7.03. The zero-order chi connectivity index (χ0) is 13.4. The van der Waals surface area contributed by atoms with Gasteiger partial charge in [0.25, 0.3) is 0 Å². The highest BCUT2D eigenvalue weighted by molar-refractivity contribution is 6.31. The Kier molecular flexibility index (Phi) is 3.48. The molecule has 102 valence electrons. The van der Waals surface area contributed by atoms with Crippen LogP contribution in [0.25, 0.3) is 11.0 Å². The molecule has 1 N–H and O–H groups in total. The molecule has 4 nitrogen and oxygen atoms in total. The molecule has 0 saturated carbocycles. The molecule has 0 spiro atoms. The highest BCUT2D eigenvalue weighted by atomic mass is 35.5. The number of fused-ring (bicyclic) bond motifs is 1. The number of aryl methyl sites for hydroxylation is 1. The molecule has 5 heteroatoms. The summed E-state index contributed by atoms with van der Waals surface area (Å²) in [5.41, 5.74) is 2.11. The molecule has 1 aliphatic heterocycles. The number of benzene rings is 1. The molecule has 1 saturated heterocycles. The summed E-state index contributed by atoms with van der Waals surface area (Å²) in [6.07, 6.45) is 0. The van der Waals surface area contributed by atoms with Crippen molar-refractivity contribution in [3.8, 4) is 0 Å². The summed E-state index contributed by atoms with van der Waals surface area (Å²) in [5.74, 6) is 1.40. The van der Waals surface area contributed by atoms with E-state index in [0.29, 0.717) is 12.0 Å². The third-order valence-corrected chi connectivity index (χ3v) is 4.07. The first kappa shape index (κ1) is 12.9. The van der Waals surface area contributed by atoms with Gasteiger partial charge in [0, 0.05) is 17.6 Å². The summed E-state index contributed by atoms with van der Waals surface area (Å²) in [4.78, 5) is 4.78. The zero-order valence-electron chi connectivity index (χ0n) is 11.2. The molecular weight excluding hydrogens is 262 g/mol. The molecule has 2 unspecified atom stereocenters. The fraction of sp³-hybridized carbons (Fsp3) is 0.500. The molecule has 1 aliphatic rings. The van der Waals surface area contributed by atoms with Gasteiger partial charge in [0.05, 0.1) is 30.2 Å². The summed E-state index contributed by atoms with van der Waals surface area (Å²) in [6.45, 7) is 4.52. The van der Waals surface area contributed by atoms with E-state index in [9.17, 15) is 0 Å². The van der Waals surface area contributed by atoms with Crippen LogP contribution in [0.1, 0.15) is 18.7 Å².